The van der Waals surface area contributed by atoms with Gasteiger partial charge in [0, 0.05) is 18.2 Å². The predicted octanol–water partition coefficient (Wildman–Crippen LogP) is 2.87. The number of piperidine rings is 1. The average Bonchev–Trinajstić information content (AvgIpc) is 3.16. The van der Waals surface area contributed by atoms with Gasteiger partial charge in [-0.1, -0.05) is 41.7 Å². The number of amides is 1. The zero-order valence-electron chi connectivity index (χ0n) is 12.8. The summed E-state index contributed by atoms with van der Waals surface area (Å²) in [6, 6.07) is 10.2. The van der Waals surface area contributed by atoms with Gasteiger partial charge in [0.2, 0.25) is 10.8 Å². The highest BCUT2D eigenvalue weighted by atomic mass is 32.1. The molecule has 23 heavy (non-hydrogen) atoms. The summed E-state index contributed by atoms with van der Waals surface area (Å²) in [6.45, 7) is 2.87. The van der Waals surface area contributed by atoms with Crippen molar-refractivity contribution in [1.82, 2.24) is 24.7 Å². The van der Waals surface area contributed by atoms with Crippen LogP contribution in [0, 0.1) is 0 Å². The number of aromatic nitrogens is 4. The lowest BCUT2D eigenvalue weighted by molar-refractivity contribution is 0.0620. The molecule has 0 aliphatic carbocycles. The Bertz CT molecular complexity index is 841. The fourth-order valence-corrected chi connectivity index (χ4v) is 3.82. The van der Waals surface area contributed by atoms with E-state index in [2.05, 4.69) is 22.2 Å². The molecular weight excluding hydrogens is 310 g/mol. The maximum absolute atomic E-state index is 12.8. The second kappa shape index (κ2) is 5.73. The van der Waals surface area contributed by atoms with E-state index in [1.165, 1.54) is 17.8 Å². The van der Waals surface area contributed by atoms with Crippen molar-refractivity contribution in [3.05, 3.63) is 36.2 Å². The van der Waals surface area contributed by atoms with Crippen LogP contribution in [0.1, 0.15) is 36.8 Å². The number of hydrogen-bond acceptors (Lipinski definition) is 5. The van der Waals surface area contributed by atoms with Crippen LogP contribution in [0.15, 0.2) is 30.3 Å². The molecule has 1 aliphatic heterocycles. The highest BCUT2D eigenvalue weighted by Gasteiger charge is 2.28. The minimum absolute atomic E-state index is 0.0744. The lowest BCUT2D eigenvalue weighted by atomic mass is 10.0. The van der Waals surface area contributed by atoms with Gasteiger partial charge in [-0.15, -0.1) is 10.2 Å². The van der Waals surface area contributed by atoms with Crippen LogP contribution in [-0.4, -0.2) is 43.2 Å². The lowest BCUT2D eigenvalue weighted by Gasteiger charge is -2.32. The first-order valence-corrected chi connectivity index (χ1v) is 8.64. The van der Waals surface area contributed by atoms with E-state index in [0.29, 0.717) is 10.8 Å². The Kier molecular flexibility index (Phi) is 3.57. The second-order valence-electron chi connectivity index (χ2n) is 5.83. The van der Waals surface area contributed by atoms with Gasteiger partial charge >= 0.3 is 0 Å². The van der Waals surface area contributed by atoms with Gasteiger partial charge in [0.1, 0.15) is 5.01 Å². The van der Waals surface area contributed by atoms with E-state index in [-0.39, 0.29) is 11.9 Å². The number of carbonyl (C=O) groups is 1. The van der Waals surface area contributed by atoms with Gasteiger partial charge in [-0.3, -0.25) is 4.79 Å². The predicted molar refractivity (Wildman–Crippen MR) is 88.4 cm³/mol. The van der Waals surface area contributed by atoms with Crippen molar-refractivity contribution in [2.75, 3.05) is 6.54 Å². The maximum Gasteiger partial charge on any atom is 0.293 e. The van der Waals surface area contributed by atoms with Crippen LogP contribution in [0.4, 0.5) is 0 Å². The van der Waals surface area contributed by atoms with Crippen LogP contribution in [-0.2, 0) is 0 Å². The molecule has 4 rings (SSSR count). The van der Waals surface area contributed by atoms with Gasteiger partial charge in [-0.05, 0) is 26.2 Å². The van der Waals surface area contributed by atoms with Crippen LogP contribution in [0.5, 0.6) is 0 Å². The molecule has 0 radical (unpaired) electrons. The zero-order chi connectivity index (χ0) is 15.8. The molecule has 2 aromatic heterocycles. The number of hydrogen-bond donors (Lipinski definition) is 0. The lowest BCUT2D eigenvalue weighted by Crippen LogP contribution is -2.42. The molecule has 1 fully saturated rings. The van der Waals surface area contributed by atoms with E-state index in [4.69, 9.17) is 0 Å². The first-order valence-electron chi connectivity index (χ1n) is 7.82. The molecule has 3 heterocycles. The van der Waals surface area contributed by atoms with Crippen molar-refractivity contribution in [3.8, 4) is 10.6 Å². The average molecular weight is 327 g/mol. The number of nitrogens with zero attached hydrogens (tertiary/aromatic N) is 5. The number of rotatable bonds is 2. The van der Waals surface area contributed by atoms with E-state index in [0.717, 1.165) is 30.0 Å². The molecular formula is C16H17N5OS. The molecule has 0 saturated carbocycles. The fourth-order valence-electron chi connectivity index (χ4n) is 2.98. The van der Waals surface area contributed by atoms with Gasteiger partial charge in [-0.2, -0.15) is 9.61 Å². The fraction of sp³-hybridized carbons (Fsp3) is 0.375. The zero-order valence-corrected chi connectivity index (χ0v) is 13.7. The third-order valence-corrected chi connectivity index (χ3v) is 5.21. The Labute approximate surface area is 137 Å². The largest absolute Gasteiger partial charge is 0.333 e. The Hall–Kier alpha value is -2.28. The third-order valence-electron chi connectivity index (χ3n) is 4.27. The summed E-state index contributed by atoms with van der Waals surface area (Å²) in [6.07, 6.45) is 3.26. The van der Waals surface area contributed by atoms with Gasteiger partial charge in [0.05, 0.1) is 0 Å². The van der Waals surface area contributed by atoms with E-state index in [1.807, 2.05) is 35.2 Å². The normalized spacial score (nSPS) is 18.5. The Morgan fingerprint density at radius 2 is 2.04 bits per heavy atom. The highest BCUT2D eigenvalue weighted by Crippen LogP contribution is 2.26. The van der Waals surface area contributed by atoms with E-state index >= 15 is 0 Å². The summed E-state index contributed by atoms with van der Waals surface area (Å²) in [4.78, 5) is 15.3. The van der Waals surface area contributed by atoms with Crippen LogP contribution < -0.4 is 0 Å². The van der Waals surface area contributed by atoms with Crippen molar-refractivity contribution < 1.29 is 4.79 Å². The number of fused-ring (bicyclic) bond motifs is 1. The second-order valence-corrected chi connectivity index (χ2v) is 6.79. The minimum atomic E-state index is -0.0744. The Morgan fingerprint density at radius 1 is 1.22 bits per heavy atom. The molecule has 0 N–H and O–H groups in total. The van der Waals surface area contributed by atoms with E-state index < -0.39 is 0 Å². The van der Waals surface area contributed by atoms with Crippen molar-refractivity contribution in [2.45, 2.75) is 32.2 Å². The van der Waals surface area contributed by atoms with Crippen LogP contribution in [0.3, 0.4) is 0 Å². The molecule has 1 atom stereocenters. The van der Waals surface area contributed by atoms with Crippen molar-refractivity contribution in [2.24, 2.45) is 0 Å². The van der Waals surface area contributed by atoms with Gasteiger partial charge < -0.3 is 4.90 Å². The smallest absolute Gasteiger partial charge is 0.293 e. The highest BCUT2D eigenvalue weighted by molar-refractivity contribution is 7.19. The topological polar surface area (TPSA) is 63.4 Å². The summed E-state index contributed by atoms with van der Waals surface area (Å²) in [5, 5.41) is 13.6. The van der Waals surface area contributed by atoms with E-state index in [1.54, 1.807) is 4.52 Å². The van der Waals surface area contributed by atoms with Crippen LogP contribution in [0.2, 0.25) is 0 Å². The molecule has 3 aromatic rings. The summed E-state index contributed by atoms with van der Waals surface area (Å²) < 4.78 is 1.58. The Balaban J connectivity index is 1.71. The Morgan fingerprint density at radius 3 is 2.83 bits per heavy atom. The maximum atomic E-state index is 12.8. The van der Waals surface area contributed by atoms with Crippen molar-refractivity contribution in [3.63, 3.8) is 0 Å². The molecule has 0 spiro atoms. The summed E-state index contributed by atoms with van der Waals surface area (Å²) in [5.41, 5.74) is 1.02. The van der Waals surface area contributed by atoms with Crippen LogP contribution in [0.25, 0.3) is 15.5 Å². The van der Waals surface area contributed by atoms with Gasteiger partial charge in [0.15, 0.2) is 0 Å². The first-order chi connectivity index (χ1) is 11.2. The molecule has 1 amide bonds. The first kappa shape index (κ1) is 14.3. The molecule has 1 aliphatic rings. The molecule has 0 unspecified atom stereocenters. The van der Waals surface area contributed by atoms with Gasteiger partial charge in [0.25, 0.3) is 5.91 Å². The molecule has 118 valence electrons. The summed E-state index contributed by atoms with van der Waals surface area (Å²) in [5.74, 6) is 0.238. The van der Waals surface area contributed by atoms with Crippen molar-refractivity contribution in [1.29, 1.82) is 0 Å². The van der Waals surface area contributed by atoms with Crippen molar-refractivity contribution >= 4 is 22.2 Å². The molecule has 0 bridgehead atoms. The number of carbonyl (C=O) groups excluding carboxylic acids is 1. The monoisotopic (exact) mass is 327 g/mol. The number of likely N-dealkylation sites (tertiary alicyclic amines) is 1. The minimum Gasteiger partial charge on any atom is -0.333 e. The van der Waals surface area contributed by atoms with E-state index in [9.17, 15) is 4.79 Å². The number of benzene rings is 1. The molecule has 7 heteroatoms. The SMILES string of the molecule is C[C@H]1CCCCN1C(=O)c1nnc2sc(-c3ccccc3)nn12. The third kappa shape index (κ3) is 2.50. The molecule has 1 saturated heterocycles. The molecule has 1 aromatic carbocycles. The molecule has 6 nitrogen and oxygen atoms in total. The summed E-state index contributed by atoms with van der Waals surface area (Å²) >= 11 is 1.44. The van der Waals surface area contributed by atoms with Crippen LogP contribution >= 0.6 is 11.3 Å². The summed E-state index contributed by atoms with van der Waals surface area (Å²) in [7, 11) is 0. The quantitative estimate of drug-likeness (QED) is 0.726. The standard InChI is InChI=1S/C16H17N5OS/c1-11-7-5-6-10-20(11)15(22)13-17-18-16-21(13)19-14(23-16)12-8-3-2-4-9-12/h2-4,8-9,11H,5-7,10H2,1H3/t11-/m0/s1. The van der Waals surface area contributed by atoms with Gasteiger partial charge in [-0.25, -0.2) is 0 Å².